The molecule has 1 aromatic heterocycles. The van der Waals surface area contributed by atoms with Gasteiger partial charge in [-0.1, -0.05) is 0 Å². The number of ether oxygens (including phenoxy) is 3. The third-order valence-corrected chi connectivity index (χ3v) is 3.50. The number of hydrogen-bond donors (Lipinski definition) is 1. The number of anilines is 2. The number of carbonyl (C=O) groups is 1. The lowest BCUT2D eigenvalue weighted by Crippen LogP contribution is -2.40. The van der Waals surface area contributed by atoms with Crippen molar-refractivity contribution in [2.45, 2.75) is 0 Å². The smallest absolute Gasteiger partial charge is 0.341 e. The van der Waals surface area contributed by atoms with E-state index in [0.717, 1.165) is 0 Å². The highest BCUT2D eigenvalue weighted by atomic mass is 16.5. The molecule has 0 spiro atoms. The van der Waals surface area contributed by atoms with E-state index >= 15 is 0 Å². The third kappa shape index (κ3) is 4.17. The molecule has 0 radical (unpaired) electrons. The van der Waals surface area contributed by atoms with Gasteiger partial charge in [-0.3, -0.25) is 0 Å². The highest BCUT2D eigenvalue weighted by molar-refractivity contribution is 5.68. The summed E-state index contributed by atoms with van der Waals surface area (Å²) in [5.41, 5.74) is 0. The molecule has 3 heterocycles. The van der Waals surface area contributed by atoms with Crippen molar-refractivity contribution in [2.75, 3.05) is 69.0 Å². The maximum atomic E-state index is 10.7. The molecule has 3 rings (SSSR count). The zero-order chi connectivity index (χ0) is 16.1. The number of nitrogens with zero attached hydrogens (tertiary/aromatic N) is 5. The second-order valence-corrected chi connectivity index (χ2v) is 5.10. The Morgan fingerprint density at radius 1 is 0.957 bits per heavy atom. The van der Waals surface area contributed by atoms with E-state index in [2.05, 4.69) is 15.0 Å². The van der Waals surface area contributed by atoms with Crippen molar-refractivity contribution in [3.63, 3.8) is 0 Å². The summed E-state index contributed by atoms with van der Waals surface area (Å²) in [6.45, 7) is 4.60. The summed E-state index contributed by atoms with van der Waals surface area (Å²) in [5, 5.41) is 8.76. The van der Waals surface area contributed by atoms with Crippen molar-refractivity contribution >= 4 is 17.9 Å². The minimum Gasteiger partial charge on any atom is -0.479 e. The van der Waals surface area contributed by atoms with Gasteiger partial charge < -0.3 is 29.1 Å². The zero-order valence-electron chi connectivity index (χ0n) is 12.7. The zero-order valence-corrected chi connectivity index (χ0v) is 12.7. The lowest BCUT2D eigenvalue weighted by atomic mass is 10.4. The Morgan fingerprint density at radius 2 is 1.43 bits per heavy atom. The molecule has 1 N–H and O–H groups in total. The Morgan fingerprint density at radius 3 is 1.87 bits per heavy atom. The molecule has 0 aliphatic carbocycles. The number of rotatable bonds is 5. The fourth-order valence-corrected chi connectivity index (χ4v) is 2.34. The van der Waals surface area contributed by atoms with E-state index in [9.17, 15) is 4.79 Å². The molecule has 10 heteroatoms. The van der Waals surface area contributed by atoms with Gasteiger partial charge in [0, 0.05) is 26.2 Å². The molecule has 1 aromatic rings. The van der Waals surface area contributed by atoms with Crippen molar-refractivity contribution in [3.8, 4) is 6.01 Å². The molecular formula is C13H19N5O5. The Hall–Kier alpha value is -2.20. The van der Waals surface area contributed by atoms with Gasteiger partial charge in [-0.25, -0.2) is 4.79 Å². The van der Waals surface area contributed by atoms with Crippen molar-refractivity contribution in [3.05, 3.63) is 0 Å². The standard InChI is InChI=1S/C13H19N5O5/c19-10(20)9-23-13-15-11(17-1-5-21-6-2-17)14-12(16-13)18-3-7-22-8-4-18/h1-9H2,(H,19,20). The molecule has 126 valence electrons. The number of carboxylic acids is 1. The fourth-order valence-electron chi connectivity index (χ4n) is 2.34. The minimum atomic E-state index is -1.08. The molecule has 0 bridgehead atoms. The third-order valence-electron chi connectivity index (χ3n) is 3.50. The van der Waals surface area contributed by atoms with Crippen molar-refractivity contribution < 1.29 is 24.1 Å². The van der Waals surface area contributed by atoms with Gasteiger partial charge in [-0.05, 0) is 0 Å². The van der Waals surface area contributed by atoms with E-state index in [1.165, 1.54) is 0 Å². The number of morpholine rings is 2. The molecule has 10 nitrogen and oxygen atoms in total. The quantitative estimate of drug-likeness (QED) is 0.724. The van der Waals surface area contributed by atoms with Crippen LogP contribution in [0.4, 0.5) is 11.9 Å². The molecule has 2 fully saturated rings. The molecule has 0 atom stereocenters. The summed E-state index contributed by atoms with van der Waals surface area (Å²) in [6, 6.07) is 0.0189. The van der Waals surface area contributed by atoms with E-state index in [4.69, 9.17) is 19.3 Å². The van der Waals surface area contributed by atoms with Crippen LogP contribution >= 0.6 is 0 Å². The largest absolute Gasteiger partial charge is 0.479 e. The van der Waals surface area contributed by atoms with Crippen molar-refractivity contribution in [1.82, 2.24) is 15.0 Å². The highest BCUT2D eigenvalue weighted by Crippen LogP contribution is 2.19. The average Bonchev–Trinajstić information content (AvgIpc) is 2.61. The van der Waals surface area contributed by atoms with E-state index in [0.29, 0.717) is 64.5 Å². The predicted octanol–water partition coefficient (Wildman–Crippen LogP) is -0.992. The van der Waals surface area contributed by atoms with E-state index in [1.807, 2.05) is 9.80 Å². The van der Waals surface area contributed by atoms with Gasteiger partial charge in [0.15, 0.2) is 6.61 Å². The second kappa shape index (κ2) is 7.38. The lowest BCUT2D eigenvalue weighted by molar-refractivity contribution is -0.139. The number of hydrogen-bond acceptors (Lipinski definition) is 9. The van der Waals surface area contributed by atoms with Crippen LogP contribution in [0.3, 0.4) is 0 Å². The number of aromatic nitrogens is 3. The Labute approximate surface area is 133 Å². The van der Waals surface area contributed by atoms with Gasteiger partial charge in [-0.2, -0.15) is 15.0 Å². The first-order valence-corrected chi connectivity index (χ1v) is 7.48. The lowest BCUT2D eigenvalue weighted by Gasteiger charge is -2.30. The molecule has 0 saturated carbocycles. The second-order valence-electron chi connectivity index (χ2n) is 5.10. The Balaban J connectivity index is 1.83. The summed E-state index contributed by atoms with van der Waals surface area (Å²) in [7, 11) is 0. The van der Waals surface area contributed by atoms with Crippen LogP contribution in [0.15, 0.2) is 0 Å². The van der Waals surface area contributed by atoms with E-state index < -0.39 is 12.6 Å². The maximum absolute atomic E-state index is 10.7. The molecule has 2 saturated heterocycles. The summed E-state index contributed by atoms with van der Waals surface area (Å²) in [5.74, 6) is -0.124. The van der Waals surface area contributed by atoms with E-state index in [1.54, 1.807) is 0 Å². The van der Waals surface area contributed by atoms with Crippen LogP contribution in [0, 0.1) is 0 Å². The Bertz CT molecular complexity index is 509. The SMILES string of the molecule is O=C(O)COc1nc(N2CCOCC2)nc(N2CCOCC2)n1. The molecule has 0 amide bonds. The molecule has 2 aliphatic rings. The minimum absolute atomic E-state index is 0.0189. The van der Waals surface area contributed by atoms with Gasteiger partial charge in [0.25, 0.3) is 0 Å². The monoisotopic (exact) mass is 325 g/mol. The summed E-state index contributed by atoms with van der Waals surface area (Å²) >= 11 is 0. The molecule has 2 aliphatic heterocycles. The molecule has 23 heavy (non-hydrogen) atoms. The van der Waals surface area contributed by atoms with Gasteiger partial charge in [0.2, 0.25) is 11.9 Å². The summed E-state index contributed by atoms with van der Waals surface area (Å²) < 4.78 is 15.8. The summed E-state index contributed by atoms with van der Waals surface area (Å²) in [4.78, 5) is 27.6. The van der Waals surface area contributed by atoms with E-state index in [-0.39, 0.29) is 6.01 Å². The van der Waals surface area contributed by atoms with Crippen molar-refractivity contribution in [1.29, 1.82) is 0 Å². The van der Waals surface area contributed by atoms with Crippen LogP contribution in [-0.2, 0) is 14.3 Å². The molecular weight excluding hydrogens is 306 g/mol. The first-order chi connectivity index (χ1) is 11.2. The first-order valence-electron chi connectivity index (χ1n) is 7.48. The predicted molar refractivity (Wildman–Crippen MR) is 79.0 cm³/mol. The summed E-state index contributed by atoms with van der Waals surface area (Å²) in [6.07, 6.45) is 0. The molecule has 0 aromatic carbocycles. The van der Waals surface area contributed by atoms with Crippen LogP contribution in [0.2, 0.25) is 0 Å². The topological polar surface area (TPSA) is 110 Å². The van der Waals surface area contributed by atoms with Crippen LogP contribution in [0.5, 0.6) is 6.01 Å². The van der Waals surface area contributed by atoms with Gasteiger partial charge in [0.1, 0.15) is 0 Å². The van der Waals surface area contributed by atoms with Crippen LogP contribution in [0.1, 0.15) is 0 Å². The van der Waals surface area contributed by atoms with Crippen LogP contribution < -0.4 is 14.5 Å². The Kier molecular flexibility index (Phi) is 5.03. The van der Waals surface area contributed by atoms with Crippen molar-refractivity contribution in [2.24, 2.45) is 0 Å². The first kappa shape index (κ1) is 15.7. The maximum Gasteiger partial charge on any atom is 0.341 e. The fraction of sp³-hybridized carbons (Fsp3) is 0.692. The number of aliphatic carboxylic acids is 1. The number of carboxylic acid groups (broad SMARTS) is 1. The van der Waals surface area contributed by atoms with Crippen LogP contribution in [0.25, 0.3) is 0 Å². The normalized spacial score (nSPS) is 18.8. The average molecular weight is 325 g/mol. The van der Waals surface area contributed by atoms with Crippen LogP contribution in [-0.4, -0.2) is 85.2 Å². The van der Waals surface area contributed by atoms with Gasteiger partial charge in [-0.15, -0.1) is 0 Å². The molecule has 0 unspecified atom stereocenters. The van der Waals surface area contributed by atoms with Gasteiger partial charge >= 0.3 is 12.0 Å². The highest BCUT2D eigenvalue weighted by Gasteiger charge is 2.21. The van der Waals surface area contributed by atoms with Gasteiger partial charge in [0.05, 0.1) is 26.4 Å².